The number of aromatic carboxylic acids is 1. The number of aliphatic hydroxyl groups is 1. The number of hydrogen-bond donors (Lipinski definition) is 4. The van der Waals surface area contributed by atoms with Gasteiger partial charge >= 0.3 is 5.97 Å². The molecule has 0 unspecified atom stereocenters. The number of nitrogens with one attached hydrogen (secondary N) is 2. The number of aromatic amines is 1. The molecule has 1 fully saturated rings. The zero-order valence-corrected chi connectivity index (χ0v) is 12.8. The molecule has 2 rings (SSSR count). The zero-order valence-electron chi connectivity index (χ0n) is 12.0. The number of carboxylic acids is 1. The first-order chi connectivity index (χ1) is 9.74. The third-order valence-electron chi connectivity index (χ3n) is 3.89. The molecular formula is C13H20N2O5S. The third-order valence-corrected chi connectivity index (χ3v) is 5.65. The van der Waals surface area contributed by atoms with Crippen molar-refractivity contribution in [3.8, 4) is 0 Å². The van der Waals surface area contributed by atoms with E-state index in [4.69, 9.17) is 5.11 Å². The van der Waals surface area contributed by atoms with Crippen LogP contribution in [0.2, 0.25) is 0 Å². The molecular weight excluding hydrogens is 296 g/mol. The number of aryl methyl sites for hydroxylation is 1. The van der Waals surface area contributed by atoms with Gasteiger partial charge in [-0.2, -0.15) is 0 Å². The molecule has 21 heavy (non-hydrogen) atoms. The number of aliphatic hydroxyl groups excluding tert-OH is 1. The fourth-order valence-electron chi connectivity index (χ4n) is 2.86. The number of rotatable bonds is 4. The predicted octanol–water partition coefficient (Wildman–Crippen LogP) is 0.912. The molecule has 0 radical (unpaired) electrons. The Kier molecular flexibility index (Phi) is 4.40. The highest BCUT2D eigenvalue weighted by atomic mass is 32.2. The van der Waals surface area contributed by atoms with E-state index in [0.29, 0.717) is 12.8 Å². The van der Waals surface area contributed by atoms with Crippen LogP contribution in [-0.4, -0.2) is 41.7 Å². The number of H-pyrrole nitrogens is 1. The summed E-state index contributed by atoms with van der Waals surface area (Å²) < 4.78 is 27.5. The molecule has 1 aliphatic rings. The molecule has 2 atom stereocenters. The molecule has 0 spiro atoms. The van der Waals surface area contributed by atoms with Crippen molar-refractivity contribution in [1.82, 2.24) is 9.71 Å². The van der Waals surface area contributed by atoms with Gasteiger partial charge in [-0.3, -0.25) is 0 Å². The predicted molar refractivity (Wildman–Crippen MR) is 75.8 cm³/mol. The van der Waals surface area contributed by atoms with Crippen LogP contribution >= 0.6 is 0 Å². The summed E-state index contributed by atoms with van der Waals surface area (Å²) in [5, 5.41) is 18.9. The van der Waals surface area contributed by atoms with Gasteiger partial charge in [0.1, 0.15) is 10.6 Å². The number of carbonyl (C=O) groups is 1. The quantitative estimate of drug-likeness (QED) is 0.658. The van der Waals surface area contributed by atoms with Crippen LogP contribution in [0, 0.1) is 13.8 Å². The zero-order chi connectivity index (χ0) is 15.8. The van der Waals surface area contributed by atoms with E-state index < -0.39 is 28.1 Å². The van der Waals surface area contributed by atoms with Crippen molar-refractivity contribution in [2.45, 2.75) is 56.6 Å². The number of sulfonamides is 1. The van der Waals surface area contributed by atoms with Gasteiger partial charge in [0.2, 0.25) is 10.0 Å². The third kappa shape index (κ3) is 3.12. The monoisotopic (exact) mass is 316 g/mol. The Balaban J connectivity index is 2.34. The van der Waals surface area contributed by atoms with Crippen LogP contribution in [0.4, 0.5) is 0 Å². The SMILES string of the molecule is Cc1[nH]c(C(=O)O)c(C)c1S(=O)(=O)N[C@H]1CCCC[C@@H]1O. The lowest BCUT2D eigenvalue weighted by Gasteiger charge is -2.28. The Morgan fingerprint density at radius 1 is 1.29 bits per heavy atom. The smallest absolute Gasteiger partial charge is 0.352 e. The number of aromatic nitrogens is 1. The summed E-state index contributed by atoms with van der Waals surface area (Å²) in [6.45, 7) is 2.98. The lowest BCUT2D eigenvalue weighted by atomic mass is 9.93. The van der Waals surface area contributed by atoms with Crippen molar-refractivity contribution >= 4 is 16.0 Å². The van der Waals surface area contributed by atoms with Crippen LogP contribution in [0.25, 0.3) is 0 Å². The Labute approximate surface area is 123 Å². The van der Waals surface area contributed by atoms with Crippen molar-refractivity contribution in [3.63, 3.8) is 0 Å². The van der Waals surface area contributed by atoms with Crippen molar-refractivity contribution in [2.75, 3.05) is 0 Å². The average Bonchev–Trinajstić information content (AvgIpc) is 2.68. The molecule has 0 bridgehead atoms. The Bertz CT molecular complexity index is 650. The van der Waals surface area contributed by atoms with Crippen LogP contribution < -0.4 is 4.72 Å². The summed E-state index contributed by atoms with van der Waals surface area (Å²) in [7, 11) is -3.87. The van der Waals surface area contributed by atoms with Gasteiger partial charge in [-0.1, -0.05) is 12.8 Å². The van der Waals surface area contributed by atoms with Gasteiger partial charge in [0, 0.05) is 17.3 Å². The summed E-state index contributed by atoms with van der Waals surface area (Å²) in [4.78, 5) is 13.6. The van der Waals surface area contributed by atoms with E-state index in [9.17, 15) is 18.3 Å². The first kappa shape index (κ1) is 16.0. The summed E-state index contributed by atoms with van der Waals surface area (Å²) in [5.41, 5.74) is 0.331. The summed E-state index contributed by atoms with van der Waals surface area (Å²) in [5.74, 6) is -1.20. The van der Waals surface area contributed by atoms with Gasteiger partial charge in [-0.25, -0.2) is 17.9 Å². The maximum Gasteiger partial charge on any atom is 0.352 e. The second-order valence-corrected chi connectivity index (χ2v) is 7.11. The van der Waals surface area contributed by atoms with E-state index in [2.05, 4.69) is 9.71 Å². The number of hydrogen-bond acceptors (Lipinski definition) is 4. The maximum atomic E-state index is 12.5. The lowest BCUT2D eigenvalue weighted by Crippen LogP contribution is -2.45. The highest BCUT2D eigenvalue weighted by molar-refractivity contribution is 7.89. The van der Waals surface area contributed by atoms with Gasteiger partial charge in [0.15, 0.2) is 0 Å². The van der Waals surface area contributed by atoms with Gasteiger partial charge in [-0.05, 0) is 26.7 Å². The van der Waals surface area contributed by atoms with Crippen molar-refractivity contribution in [3.05, 3.63) is 17.0 Å². The summed E-state index contributed by atoms with van der Waals surface area (Å²) in [6, 6.07) is -0.522. The molecule has 0 aliphatic heterocycles. The molecule has 0 amide bonds. The molecule has 0 aromatic carbocycles. The molecule has 1 saturated carbocycles. The van der Waals surface area contributed by atoms with E-state index in [1.165, 1.54) is 13.8 Å². The molecule has 0 saturated heterocycles. The van der Waals surface area contributed by atoms with E-state index in [0.717, 1.165) is 12.8 Å². The first-order valence-electron chi connectivity index (χ1n) is 6.87. The average molecular weight is 316 g/mol. The molecule has 1 aromatic heterocycles. The molecule has 4 N–H and O–H groups in total. The fraction of sp³-hybridized carbons (Fsp3) is 0.615. The highest BCUT2D eigenvalue weighted by Gasteiger charge is 2.32. The van der Waals surface area contributed by atoms with Gasteiger partial charge in [0.25, 0.3) is 0 Å². The topological polar surface area (TPSA) is 119 Å². The van der Waals surface area contributed by atoms with Crippen LogP contribution in [0.5, 0.6) is 0 Å². The molecule has 7 nitrogen and oxygen atoms in total. The standard InChI is InChI=1S/C13H20N2O5S/c1-7-11(13(17)18)14-8(2)12(7)21(19,20)15-9-5-3-4-6-10(9)16/h9-10,14-16H,3-6H2,1-2H3,(H,17,18)/t9-,10-/m0/s1. The van der Waals surface area contributed by atoms with Gasteiger partial charge < -0.3 is 15.2 Å². The number of carboxylic acid groups (broad SMARTS) is 1. The molecule has 8 heteroatoms. The van der Waals surface area contributed by atoms with Gasteiger partial charge in [0.05, 0.1) is 6.10 Å². The molecule has 1 aliphatic carbocycles. The van der Waals surface area contributed by atoms with Crippen LogP contribution in [0.3, 0.4) is 0 Å². The Morgan fingerprint density at radius 3 is 2.43 bits per heavy atom. The highest BCUT2D eigenvalue weighted by Crippen LogP contribution is 2.25. The van der Waals surface area contributed by atoms with Crippen LogP contribution in [-0.2, 0) is 10.0 Å². The second-order valence-electron chi connectivity index (χ2n) is 5.46. The minimum Gasteiger partial charge on any atom is -0.477 e. The van der Waals surface area contributed by atoms with E-state index in [1.807, 2.05) is 0 Å². The van der Waals surface area contributed by atoms with Crippen molar-refractivity contribution in [1.29, 1.82) is 0 Å². The van der Waals surface area contributed by atoms with Gasteiger partial charge in [-0.15, -0.1) is 0 Å². The second kappa shape index (κ2) is 5.78. The normalized spacial score (nSPS) is 23.2. The van der Waals surface area contributed by atoms with E-state index in [1.54, 1.807) is 0 Å². The molecule has 1 aromatic rings. The van der Waals surface area contributed by atoms with Crippen molar-refractivity contribution < 1.29 is 23.4 Å². The van der Waals surface area contributed by atoms with E-state index >= 15 is 0 Å². The minimum absolute atomic E-state index is 0.0438. The summed E-state index contributed by atoms with van der Waals surface area (Å²) in [6.07, 6.45) is 2.18. The first-order valence-corrected chi connectivity index (χ1v) is 8.35. The molecule has 118 valence electrons. The fourth-order valence-corrected chi connectivity index (χ4v) is 4.61. The van der Waals surface area contributed by atoms with Crippen molar-refractivity contribution in [2.24, 2.45) is 0 Å². The largest absolute Gasteiger partial charge is 0.477 e. The minimum atomic E-state index is -3.87. The van der Waals surface area contributed by atoms with Crippen LogP contribution in [0.1, 0.15) is 47.4 Å². The maximum absolute atomic E-state index is 12.5. The lowest BCUT2D eigenvalue weighted by molar-refractivity contribution is 0.0690. The Morgan fingerprint density at radius 2 is 1.90 bits per heavy atom. The molecule has 1 heterocycles. The van der Waals surface area contributed by atoms with Crippen LogP contribution in [0.15, 0.2) is 4.90 Å². The summed E-state index contributed by atoms with van der Waals surface area (Å²) >= 11 is 0. The Hall–Kier alpha value is -1.38. The van der Waals surface area contributed by atoms with E-state index in [-0.39, 0.29) is 21.8 Å².